The second-order valence-corrected chi connectivity index (χ2v) is 4.05. The van der Waals surface area contributed by atoms with E-state index < -0.39 is 0 Å². The first kappa shape index (κ1) is 13.6. The topological polar surface area (TPSA) is 42.4 Å². The predicted octanol–water partition coefficient (Wildman–Crippen LogP) is 2.15. The van der Waals surface area contributed by atoms with Gasteiger partial charge in [0.1, 0.15) is 5.82 Å². The zero-order valence-electron chi connectivity index (χ0n) is 10.9. The maximum absolute atomic E-state index is 11.2. The fraction of sp³-hybridized carbons (Fsp3) is 0.538. The second kappa shape index (κ2) is 6.35. The first-order valence-corrected chi connectivity index (χ1v) is 5.82. The monoisotopic (exact) mass is 236 g/mol. The van der Waals surface area contributed by atoms with E-state index >= 15 is 0 Å². The minimum atomic E-state index is 0.0389. The van der Waals surface area contributed by atoms with Crippen molar-refractivity contribution in [3.8, 4) is 0 Å². The number of rotatable bonds is 6. The van der Waals surface area contributed by atoms with Gasteiger partial charge in [0.05, 0.1) is 12.6 Å². The number of carbonyl (C=O) groups excluding carboxylic acids is 1. The number of nitrogens with zero attached hydrogens (tertiary/aromatic N) is 2. The highest BCUT2D eigenvalue weighted by Crippen LogP contribution is 2.14. The van der Waals surface area contributed by atoms with Crippen molar-refractivity contribution in [1.82, 2.24) is 4.98 Å². The van der Waals surface area contributed by atoms with Crippen LogP contribution in [0.4, 0.5) is 5.82 Å². The Bertz CT molecular complexity index is 362. The summed E-state index contributed by atoms with van der Waals surface area (Å²) in [5.74, 6) is 0.916. The molecule has 17 heavy (non-hydrogen) atoms. The molecule has 0 aliphatic heterocycles. The predicted molar refractivity (Wildman–Crippen MR) is 68.6 cm³/mol. The van der Waals surface area contributed by atoms with E-state index in [1.54, 1.807) is 20.2 Å². The Morgan fingerprint density at radius 1 is 1.53 bits per heavy atom. The van der Waals surface area contributed by atoms with Gasteiger partial charge in [0.15, 0.2) is 5.78 Å². The van der Waals surface area contributed by atoms with Gasteiger partial charge >= 0.3 is 0 Å². The van der Waals surface area contributed by atoms with Gasteiger partial charge in [-0.2, -0.15) is 0 Å². The lowest BCUT2D eigenvalue weighted by Gasteiger charge is -2.28. The van der Waals surface area contributed by atoms with E-state index in [9.17, 15) is 4.79 Å². The molecule has 0 aliphatic carbocycles. The van der Waals surface area contributed by atoms with E-state index in [0.29, 0.717) is 12.2 Å². The van der Waals surface area contributed by atoms with Crippen LogP contribution in [0.5, 0.6) is 0 Å². The zero-order valence-corrected chi connectivity index (χ0v) is 10.9. The number of anilines is 1. The molecule has 0 spiro atoms. The van der Waals surface area contributed by atoms with Gasteiger partial charge in [0.25, 0.3) is 0 Å². The molecule has 0 saturated heterocycles. The molecule has 1 aromatic heterocycles. The molecule has 0 radical (unpaired) electrons. The molecule has 1 aromatic rings. The van der Waals surface area contributed by atoms with Crippen LogP contribution in [0.1, 0.15) is 31.1 Å². The first-order chi connectivity index (χ1) is 8.10. The highest BCUT2D eigenvalue weighted by molar-refractivity contribution is 5.93. The van der Waals surface area contributed by atoms with Crippen LogP contribution in [-0.4, -0.2) is 37.1 Å². The minimum Gasteiger partial charge on any atom is -0.383 e. The molecule has 1 rings (SSSR count). The van der Waals surface area contributed by atoms with E-state index in [1.165, 1.54) is 0 Å². The molecule has 94 valence electrons. The fourth-order valence-electron chi connectivity index (χ4n) is 1.79. The van der Waals surface area contributed by atoms with Crippen molar-refractivity contribution in [3.05, 3.63) is 23.9 Å². The molecule has 1 unspecified atom stereocenters. The van der Waals surface area contributed by atoms with Crippen LogP contribution in [0, 0.1) is 0 Å². The number of ketones is 1. The summed E-state index contributed by atoms with van der Waals surface area (Å²) < 4.78 is 5.15. The van der Waals surface area contributed by atoms with Crippen molar-refractivity contribution in [3.63, 3.8) is 0 Å². The number of ether oxygens (including phenoxy) is 1. The Balaban J connectivity index is 2.85. The van der Waals surface area contributed by atoms with Crippen molar-refractivity contribution in [2.24, 2.45) is 0 Å². The second-order valence-electron chi connectivity index (χ2n) is 4.05. The van der Waals surface area contributed by atoms with Gasteiger partial charge in [0.2, 0.25) is 0 Å². The van der Waals surface area contributed by atoms with Gasteiger partial charge in [-0.1, -0.05) is 0 Å². The molecule has 4 nitrogen and oxygen atoms in total. The van der Waals surface area contributed by atoms with Crippen LogP contribution in [0.25, 0.3) is 0 Å². The van der Waals surface area contributed by atoms with Crippen LogP contribution >= 0.6 is 0 Å². The Kier molecular flexibility index (Phi) is 5.10. The third kappa shape index (κ3) is 3.53. The maximum atomic E-state index is 11.2. The summed E-state index contributed by atoms with van der Waals surface area (Å²) in [6, 6.07) is 3.96. The Labute approximate surface area is 103 Å². The van der Waals surface area contributed by atoms with E-state index in [2.05, 4.69) is 23.7 Å². The van der Waals surface area contributed by atoms with Gasteiger partial charge in [-0.25, -0.2) is 4.98 Å². The van der Waals surface area contributed by atoms with Gasteiger partial charge in [-0.05, 0) is 32.9 Å². The van der Waals surface area contributed by atoms with Crippen molar-refractivity contribution in [2.45, 2.75) is 26.8 Å². The summed E-state index contributed by atoms with van der Waals surface area (Å²) in [5.41, 5.74) is 0.643. The summed E-state index contributed by atoms with van der Waals surface area (Å²) in [6.07, 6.45) is 1.62. The SMILES string of the molecule is CCN(c1ccc(C(C)=O)cn1)C(C)COC. The number of Topliss-reactive ketones (excluding diaryl/α,β-unsaturated/α-hetero) is 1. The van der Waals surface area contributed by atoms with Crippen molar-refractivity contribution in [2.75, 3.05) is 25.2 Å². The van der Waals surface area contributed by atoms with E-state index in [-0.39, 0.29) is 11.8 Å². The van der Waals surface area contributed by atoms with Crippen molar-refractivity contribution < 1.29 is 9.53 Å². The molecule has 1 heterocycles. The molecular formula is C13H20N2O2. The molecule has 0 aliphatic rings. The summed E-state index contributed by atoms with van der Waals surface area (Å²) in [4.78, 5) is 17.6. The summed E-state index contributed by atoms with van der Waals surface area (Å²) in [7, 11) is 1.69. The Morgan fingerprint density at radius 2 is 2.24 bits per heavy atom. The minimum absolute atomic E-state index is 0.0389. The lowest BCUT2D eigenvalue weighted by molar-refractivity contribution is 0.101. The Morgan fingerprint density at radius 3 is 2.65 bits per heavy atom. The van der Waals surface area contributed by atoms with Crippen molar-refractivity contribution >= 4 is 11.6 Å². The molecule has 1 atom stereocenters. The van der Waals surface area contributed by atoms with Gasteiger partial charge in [0, 0.05) is 25.4 Å². The van der Waals surface area contributed by atoms with Gasteiger partial charge in [-0.3, -0.25) is 4.79 Å². The zero-order chi connectivity index (χ0) is 12.8. The van der Waals surface area contributed by atoms with E-state index in [0.717, 1.165) is 12.4 Å². The molecule has 4 heteroatoms. The van der Waals surface area contributed by atoms with Gasteiger partial charge < -0.3 is 9.64 Å². The van der Waals surface area contributed by atoms with Crippen LogP contribution in [0.2, 0.25) is 0 Å². The molecule has 0 N–H and O–H groups in total. The van der Waals surface area contributed by atoms with E-state index in [4.69, 9.17) is 4.74 Å². The van der Waals surface area contributed by atoms with E-state index in [1.807, 2.05) is 12.1 Å². The van der Waals surface area contributed by atoms with Gasteiger partial charge in [-0.15, -0.1) is 0 Å². The molecule has 0 bridgehead atoms. The summed E-state index contributed by atoms with van der Waals surface area (Å²) in [5, 5.41) is 0. The van der Waals surface area contributed by atoms with Crippen LogP contribution in [0.3, 0.4) is 0 Å². The number of carbonyl (C=O) groups is 1. The number of aromatic nitrogens is 1. The number of methoxy groups -OCH3 is 1. The summed E-state index contributed by atoms with van der Waals surface area (Å²) in [6.45, 7) is 7.23. The molecule has 0 saturated carbocycles. The smallest absolute Gasteiger partial charge is 0.161 e. The average molecular weight is 236 g/mol. The highest BCUT2D eigenvalue weighted by Gasteiger charge is 2.13. The van der Waals surface area contributed by atoms with Crippen LogP contribution < -0.4 is 4.90 Å². The molecule has 0 aromatic carbocycles. The Hall–Kier alpha value is -1.42. The number of pyridine rings is 1. The number of hydrogen-bond acceptors (Lipinski definition) is 4. The molecular weight excluding hydrogens is 216 g/mol. The maximum Gasteiger partial charge on any atom is 0.161 e. The molecule has 0 amide bonds. The number of likely N-dealkylation sites (N-methyl/N-ethyl adjacent to an activating group) is 1. The normalized spacial score (nSPS) is 12.2. The van der Waals surface area contributed by atoms with Crippen molar-refractivity contribution in [1.29, 1.82) is 0 Å². The lowest BCUT2D eigenvalue weighted by atomic mass is 10.2. The quantitative estimate of drug-likeness (QED) is 0.710. The van der Waals surface area contributed by atoms with Crippen LogP contribution in [0.15, 0.2) is 18.3 Å². The first-order valence-electron chi connectivity index (χ1n) is 5.82. The third-order valence-electron chi connectivity index (χ3n) is 2.73. The largest absolute Gasteiger partial charge is 0.383 e. The highest BCUT2D eigenvalue weighted by atomic mass is 16.5. The summed E-state index contributed by atoms with van der Waals surface area (Å²) >= 11 is 0. The molecule has 0 fully saturated rings. The third-order valence-corrected chi connectivity index (χ3v) is 2.73. The fourth-order valence-corrected chi connectivity index (χ4v) is 1.79. The lowest BCUT2D eigenvalue weighted by Crippen LogP contribution is -2.36. The number of hydrogen-bond donors (Lipinski definition) is 0. The average Bonchev–Trinajstić information content (AvgIpc) is 2.31. The standard InChI is InChI=1S/C13H20N2O2/c1-5-15(10(2)9-17-4)13-7-6-12(8-14-13)11(3)16/h6-8,10H,5,9H2,1-4H3. The van der Waals surface area contributed by atoms with Crippen LogP contribution in [-0.2, 0) is 4.74 Å².